The summed E-state index contributed by atoms with van der Waals surface area (Å²) in [5.41, 5.74) is 0.457. The quantitative estimate of drug-likeness (QED) is 0.626. The predicted molar refractivity (Wildman–Crippen MR) is 111 cm³/mol. The second-order valence-corrected chi connectivity index (χ2v) is 10.6. The van der Waals surface area contributed by atoms with E-state index in [1.54, 1.807) is 22.7 Å². The van der Waals surface area contributed by atoms with E-state index in [1.807, 2.05) is 0 Å². The van der Waals surface area contributed by atoms with Crippen LogP contribution in [0.5, 0.6) is 5.75 Å². The summed E-state index contributed by atoms with van der Waals surface area (Å²) in [5.74, 6) is 1.79. The summed E-state index contributed by atoms with van der Waals surface area (Å²) in [6.45, 7) is 4.74. The van der Waals surface area contributed by atoms with Crippen LogP contribution in [0, 0.1) is 5.92 Å². The number of methoxy groups -OCH3 is 1. The minimum Gasteiger partial charge on any atom is -0.495 e. The maximum absolute atomic E-state index is 12.8. The van der Waals surface area contributed by atoms with Crippen LogP contribution < -0.4 is 14.4 Å². The van der Waals surface area contributed by atoms with Crippen molar-refractivity contribution in [1.82, 2.24) is 10.2 Å². The molecule has 3 rings (SSSR count). The number of benzene rings is 1. The third-order valence-corrected chi connectivity index (χ3v) is 7.86. The molecule has 0 spiro atoms. The van der Waals surface area contributed by atoms with Gasteiger partial charge >= 0.3 is 0 Å². The zero-order valence-corrected chi connectivity index (χ0v) is 18.3. The van der Waals surface area contributed by atoms with Crippen LogP contribution in [0.25, 0.3) is 0 Å². The number of rotatable bonds is 8. The van der Waals surface area contributed by atoms with Gasteiger partial charge in [0.25, 0.3) is 10.0 Å². The fourth-order valence-electron chi connectivity index (χ4n) is 2.67. The first-order valence-corrected chi connectivity index (χ1v) is 12.1. The number of sulfonamides is 1. The van der Waals surface area contributed by atoms with Crippen LogP contribution in [-0.4, -0.2) is 43.9 Å². The lowest BCUT2D eigenvalue weighted by molar-refractivity contribution is -0.117. The maximum Gasteiger partial charge on any atom is 0.263 e. The molecule has 2 aromatic rings. The SMILES string of the molecule is COc1ccc(S(=O)(=O)Nc2nnc(SCC(C)C)s2)cc1N1CCCC1=O. The number of ether oxygens (including phenoxy) is 1. The summed E-state index contributed by atoms with van der Waals surface area (Å²) in [5, 5.41) is 8.14. The molecule has 0 radical (unpaired) electrons. The average Bonchev–Trinajstić information content (AvgIpc) is 3.27. The smallest absolute Gasteiger partial charge is 0.263 e. The minimum atomic E-state index is -3.87. The van der Waals surface area contributed by atoms with E-state index < -0.39 is 10.0 Å². The lowest BCUT2D eigenvalue weighted by Gasteiger charge is -2.19. The molecule has 0 bridgehead atoms. The molecule has 0 aliphatic carbocycles. The number of aromatic nitrogens is 2. The molecule has 1 saturated heterocycles. The number of amides is 1. The maximum atomic E-state index is 12.8. The Morgan fingerprint density at radius 2 is 2.14 bits per heavy atom. The van der Waals surface area contributed by atoms with Gasteiger partial charge in [-0.05, 0) is 30.5 Å². The molecule has 1 N–H and O–H groups in total. The van der Waals surface area contributed by atoms with Gasteiger partial charge in [0, 0.05) is 18.7 Å². The standard InChI is InChI=1S/C17H22N4O4S3/c1-11(2)10-26-17-19-18-16(27-17)20-28(23,24)12-6-7-14(25-3)13(9-12)21-8-4-5-15(21)22/h6-7,9,11H,4-5,8,10H2,1-3H3,(H,18,20). The van der Waals surface area contributed by atoms with Crippen molar-refractivity contribution >= 4 is 49.8 Å². The van der Waals surface area contributed by atoms with Crippen molar-refractivity contribution in [3.63, 3.8) is 0 Å². The van der Waals surface area contributed by atoms with Gasteiger partial charge in [0.2, 0.25) is 11.0 Å². The molecule has 0 atom stereocenters. The number of carbonyl (C=O) groups is 1. The Morgan fingerprint density at radius 1 is 1.36 bits per heavy atom. The molecule has 2 heterocycles. The fraction of sp³-hybridized carbons (Fsp3) is 0.471. The van der Waals surface area contributed by atoms with E-state index >= 15 is 0 Å². The first-order valence-electron chi connectivity index (χ1n) is 8.77. The summed E-state index contributed by atoms with van der Waals surface area (Å²) in [7, 11) is -2.38. The lowest BCUT2D eigenvalue weighted by atomic mass is 10.2. The summed E-state index contributed by atoms with van der Waals surface area (Å²) in [6.07, 6.45) is 1.18. The molecule has 152 valence electrons. The summed E-state index contributed by atoms with van der Waals surface area (Å²) >= 11 is 2.74. The van der Waals surface area contributed by atoms with E-state index in [2.05, 4.69) is 28.8 Å². The van der Waals surface area contributed by atoms with E-state index in [0.717, 1.165) is 12.2 Å². The Morgan fingerprint density at radius 3 is 2.79 bits per heavy atom. The highest BCUT2D eigenvalue weighted by Crippen LogP contribution is 2.34. The molecule has 28 heavy (non-hydrogen) atoms. The Labute approximate surface area is 172 Å². The van der Waals surface area contributed by atoms with Crippen molar-refractivity contribution in [3.05, 3.63) is 18.2 Å². The number of hydrogen-bond donors (Lipinski definition) is 1. The molecule has 1 aromatic carbocycles. The molecule has 0 saturated carbocycles. The van der Waals surface area contributed by atoms with E-state index in [9.17, 15) is 13.2 Å². The van der Waals surface area contributed by atoms with Gasteiger partial charge in [-0.2, -0.15) is 0 Å². The predicted octanol–water partition coefficient (Wildman–Crippen LogP) is 3.22. The first kappa shape index (κ1) is 20.9. The van der Waals surface area contributed by atoms with Gasteiger partial charge in [0.1, 0.15) is 5.75 Å². The molecular weight excluding hydrogens is 420 g/mol. The third kappa shape index (κ3) is 4.76. The van der Waals surface area contributed by atoms with Crippen LogP contribution in [0.3, 0.4) is 0 Å². The number of nitrogens with one attached hydrogen (secondary N) is 1. The number of nitrogens with zero attached hydrogens (tertiary/aromatic N) is 3. The third-order valence-electron chi connectivity index (χ3n) is 3.99. The van der Waals surface area contributed by atoms with E-state index in [0.29, 0.717) is 34.7 Å². The minimum absolute atomic E-state index is 0.0367. The normalized spacial score (nSPS) is 14.7. The van der Waals surface area contributed by atoms with Crippen molar-refractivity contribution in [2.75, 3.05) is 29.0 Å². The van der Waals surface area contributed by atoms with Crippen LogP contribution in [-0.2, 0) is 14.8 Å². The fourth-order valence-corrected chi connectivity index (χ4v) is 5.65. The van der Waals surface area contributed by atoms with Gasteiger partial charge in [-0.1, -0.05) is 36.9 Å². The van der Waals surface area contributed by atoms with Crippen molar-refractivity contribution in [1.29, 1.82) is 0 Å². The van der Waals surface area contributed by atoms with Gasteiger partial charge in [-0.25, -0.2) is 8.42 Å². The zero-order chi connectivity index (χ0) is 20.3. The molecule has 1 aromatic heterocycles. The lowest BCUT2D eigenvalue weighted by Crippen LogP contribution is -2.24. The number of anilines is 2. The first-order chi connectivity index (χ1) is 13.3. The Bertz CT molecular complexity index is 959. The average molecular weight is 443 g/mol. The highest BCUT2D eigenvalue weighted by atomic mass is 32.2. The van der Waals surface area contributed by atoms with Crippen molar-refractivity contribution in [2.24, 2.45) is 5.92 Å². The summed E-state index contributed by atoms with van der Waals surface area (Å²) < 4.78 is 34.1. The summed E-state index contributed by atoms with van der Waals surface area (Å²) in [4.78, 5) is 13.7. The molecular formula is C17H22N4O4S3. The van der Waals surface area contributed by atoms with Crippen LogP contribution >= 0.6 is 23.1 Å². The van der Waals surface area contributed by atoms with Gasteiger partial charge in [-0.15, -0.1) is 10.2 Å². The van der Waals surface area contributed by atoms with Crippen molar-refractivity contribution in [3.8, 4) is 5.75 Å². The van der Waals surface area contributed by atoms with Gasteiger partial charge in [-0.3, -0.25) is 9.52 Å². The second kappa shape index (κ2) is 8.66. The van der Waals surface area contributed by atoms with Crippen molar-refractivity contribution < 1.29 is 17.9 Å². The van der Waals surface area contributed by atoms with Gasteiger partial charge in [0.15, 0.2) is 4.34 Å². The van der Waals surface area contributed by atoms with Gasteiger partial charge in [0.05, 0.1) is 17.7 Å². The van der Waals surface area contributed by atoms with Crippen LogP contribution in [0.4, 0.5) is 10.8 Å². The molecule has 1 aliphatic heterocycles. The highest BCUT2D eigenvalue weighted by molar-refractivity contribution is 8.01. The number of thioether (sulfide) groups is 1. The van der Waals surface area contributed by atoms with Crippen molar-refractivity contribution in [2.45, 2.75) is 35.9 Å². The molecule has 11 heteroatoms. The second-order valence-electron chi connectivity index (χ2n) is 6.67. The molecule has 0 unspecified atom stereocenters. The number of hydrogen-bond acceptors (Lipinski definition) is 8. The van der Waals surface area contributed by atoms with E-state index in [-0.39, 0.29) is 15.9 Å². The van der Waals surface area contributed by atoms with E-state index in [1.165, 1.54) is 30.6 Å². The molecule has 8 nitrogen and oxygen atoms in total. The highest BCUT2D eigenvalue weighted by Gasteiger charge is 2.27. The number of carbonyl (C=O) groups excluding carboxylic acids is 1. The van der Waals surface area contributed by atoms with Crippen LogP contribution in [0.1, 0.15) is 26.7 Å². The summed E-state index contributed by atoms with van der Waals surface area (Å²) in [6, 6.07) is 4.46. The van der Waals surface area contributed by atoms with E-state index in [4.69, 9.17) is 4.74 Å². The topological polar surface area (TPSA) is 101 Å². The van der Waals surface area contributed by atoms with Gasteiger partial charge < -0.3 is 9.64 Å². The molecule has 1 fully saturated rings. The monoisotopic (exact) mass is 442 g/mol. The Kier molecular flexibility index (Phi) is 6.46. The van der Waals surface area contributed by atoms with Crippen LogP contribution in [0.2, 0.25) is 0 Å². The molecule has 1 aliphatic rings. The Hall–Kier alpha value is -1.85. The van der Waals surface area contributed by atoms with Crippen LogP contribution in [0.15, 0.2) is 27.4 Å². The largest absolute Gasteiger partial charge is 0.495 e. The molecule has 1 amide bonds. The Balaban J connectivity index is 1.82. The zero-order valence-electron chi connectivity index (χ0n) is 15.8.